The summed E-state index contributed by atoms with van der Waals surface area (Å²) in [5.41, 5.74) is 0.642. The minimum atomic E-state index is -4.01. The number of hydrogen-bond donors (Lipinski definition) is 1. The van der Waals surface area contributed by atoms with E-state index in [1.165, 1.54) is 25.3 Å². The lowest BCUT2D eigenvalue weighted by molar-refractivity contribution is -0.137. The Morgan fingerprint density at radius 1 is 1.48 bits per heavy atom. The summed E-state index contributed by atoms with van der Waals surface area (Å²) in [7, 11) is -2.61. The minimum absolute atomic E-state index is 0.0705. The van der Waals surface area contributed by atoms with Crippen molar-refractivity contribution in [3.05, 3.63) is 29.3 Å². The summed E-state index contributed by atoms with van der Waals surface area (Å²) in [6, 6.07) is 6.13. The summed E-state index contributed by atoms with van der Waals surface area (Å²) in [4.78, 5) is 10.8. The molecule has 1 rings (SSSR count). The second kappa shape index (κ2) is 7.17. The highest BCUT2D eigenvalue weighted by Gasteiger charge is 2.28. The first-order valence-corrected chi connectivity index (χ1v) is 7.48. The lowest BCUT2D eigenvalue weighted by atomic mass is 10.2. The van der Waals surface area contributed by atoms with Gasteiger partial charge in [0.1, 0.15) is 6.54 Å². The van der Waals surface area contributed by atoms with Gasteiger partial charge in [0.05, 0.1) is 23.1 Å². The second-order valence-electron chi connectivity index (χ2n) is 4.32. The molecule has 0 saturated heterocycles. The molecule has 0 amide bonds. The molecule has 0 heterocycles. The van der Waals surface area contributed by atoms with Crippen LogP contribution in [-0.4, -0.2) is 50.6 Å². The minimum Gasteiger partial charge on any atom is -0.480 e. The van der Waals surface area contributed by atoms with Crippen LogP contribution >= 0.6 is 0 Å². The Labute approximate surface area is 123 Å². The third kappa shape index (κ3) is 4.26. The number of methoxy groups -OCH3 is 1. The van der Waals surface area contributed by atoms with Gasteiger partial charge in [-0.05, 0) is 24.6 Å². The van der Waals surface area contributed by atoms with E-state index in [1.54, 1.807) is 6.92 Å². The highest BCUT2D eigenvalue weighted by atomic mass is 32.2. The first kappa shape index (κ1) is 17.1. The van der Waals surface area contributed by atoms with E-state index >= 15 is 0 Å². The van der Waals surface area contributed by atoms with Crippen molar-refractivity contribution in [2.24, 2.45) is 0 Å². The van der Waals surface area contributed by atoms with Gasteiger partial charge >= 0.3 is 5.97 Å². The van der Waals surface area contributed by atoms with Gasteiger partial charge in [-0.1, -0.05) is 6.07 Å². The van der Waals surface area contributed by atoms with E-state index in [9.17, 15) is 13.2 Å². The fraction of sp³-hybridized carbons (Fsp3) is 0.385. The molecule has 21 heavy (non-hydrogen) atoms. The van der Waals surface area contributed by atoms with E-state index in [1.807, 2.05) is 6.07 Å². The number of rotatable bonds is 7. The van der Waals surface area contributed by atoms with Gasteiger partial charge < -0.3 is 9.84 Å². The van der Waals surface area contributed by atoms with Crippen LogP contribution in [0, 0.1) is 18.3 Å². The predicted molar refractivity (Wildman–Crippen MR) is 74.2 cm³/mol. The Bertz CT molecular complexity index is 664. The molecular formula is C13H16N2O5S. The molecule has 0 fully saturated rings. The lowest BCUT2D eigenvalue weighted by Gasteiger charge is -2.21. The highest BCUT2D eigenvalue weighted by Crippen LogP contribution is 2.21. The van der Waals surface area contributed by atoms with Crippen LogP contribution in [0.5, 0.6) is 0 Å². The average Bonchev–Trinajstić information content (AvgIpc) is 2.43. The van der Waals surface area contributed by atoms with Gasteiger partial charge in [-0.15, -0.1) is 0 Å². The first-order chi connectivity index (χ1) is 9.82. The number of carbonyl (C=O) groups is 1. The van der Waals surface area contributed by atoms with Crippen LogP contribution in [0.15, 0.2) is 23.1 Å². The summed E-state index contributed by atoms with van der Waals surface area (Å²) in [5.74, 6) is -1.26. The molecule has 0 radical (unpaired) electrons. The normalized spacial score (nSPS) is 11.3. The van der Waals surface area contributed by atoms with Crippen LogP contribution < -0.4 is 0 Å². The van der Waals surface area contributed by atoms with Crippen LogP contribution in [0.1, 0.15) is 11.1 Å². The molecule has 0 aliphatic heterocycles. The number of hydrogen-bond acceptors (Lipinski definition) is 5. The lowest BCUT2D eigenvalue weighted by Crippen LogP contribution is -2.38. The summed E-state index contributed by atoms with van der Waals surface area (Å²) < 4.78 is 30.8. The molecule has 0 unspecified atom stereocenters. The zero-order valence-corrected chi connectivity index (χ0v) is 12.6. The fourth-order valence-electron chi connectivity index (χ4n) is 1.71. The van der Waals surface area contributed by atoms with E-state index in [-0.39, 0.29) is 23.6 Å². The third-order valence-electron chi connectivity index (χ3n) is 2.79. The monoisotopic (exact) mass is 312 g/mol. The van der Waals surface area contributed by atoms with E-state index in [2.05, 4.69) is 0 Å². The first-order valence-electron chi connectivity index (χ1n) is 6.04. The van der Waals surface area contributed by atoms with E-state index < -0.39 is 22.5 Å². The summed E-state index contributed by atoms with van der Waals surface area (Å²) in [5, 5.41) is 17.7. The van der Waals surface area contributed by atoms with Crippen molar-refractivity contribution in [2.45, 2.75) is 11.8 Å². The third-order valence-corrected chi connectivity index (χ3v) is 4.78. The van der Waals surface area contributed by atoms with Crippen LogP contribution in [0.2, 0.25) is 0 Å². The highest BCUT2D eigenvalue weighted by molar-refractivity contribution is 7.89. The van der Waals surface area contributed by atoms with Gasteiger partial charge in [0.15, 0.2) is 0 Å². The van der Waals surface area contributed by atoms with Crippen molar-refractivity contribution in [3.63, 3.8) is 0 Å². The molecule has 0 atom stereocenters. The van der Waals surface area contributed by atoms with Gasteiger partial charge in [0, 0.05) is 13.7 Å². The molecule has 1 N–H and O–H groups in total. The number of benzene rings is 1. The predicted octanol–water partition coefficient (Wildman–Crippen LogP) is 0.588. The molecule has 8 heteroatoms. The number of aryl methyl sites for hydroxylation is 1. The SMILES string of the molecule is COCCN(CC(=O)O)S(=O)(=O)c1cc(C#N)ccc1C. The van der Waals surface area contributed by atoms with Gasteiger partial charge in [0.25, 0.3) is 0 Å². The number of carboxylic acids is 1. The van der Waals surface area contributed by atoms with Gasteiger partial charge in [-0.25, -0.2) is 8.42 Å². The largest absolute Gasteiger partial charge is 0.480 e. The van der Waals surface area contributed by atoms with E-state index in [0.29, 0.717) is 5.56 Å². The van der Waals surface area contributed by atoms with Crippen molar-refractivity contribution in [1.82, 2.24) is 4.31 Å². The zero-order valence-electron chi connectivity index (χ0n) is 11.7. The molecule has 1 aromatic carbocycles. The van der Waals surface area contributed by atoms with Crippen molar-refractivity contribution < 1.29 is 23.1 Å². The van der Waals surface area contributed by atoms with Crippen LogP contribution in [0.25, 0.3) is 0 Å². The molecule has 0 spiro atoms. The Morgan fingerprint density at radius 3 is 2.67 bits per heavy atom. The molecule has 114 valence electrons. The molecule has 0 saturated carbocycles. The maximum atomic E-state index is 12.6. The number of nitriles is 1. The Balaban J connectivity index is 3.27. The number of aliphatic carboxylic acids is 1. The standard InChI is InChI=1S/C13H16N2O5S/c1-10-3-4-11(8-14)7-12(10)21(18,19)15(5-6-20-2)9-13(16)17/h3-4,7H,5-6,9H2,1-2H3,(H,16,17). The van der Waals surface area contributed by atoms with Gasteiger partial charge in [-0.3, -0.25) is 4.79 Å². The molecule has 1 aromatic rings. The molecule has 0 aromatic heterocycles. The molecular weight excluding hydrogens is 296 g/mol. The average molecular weight is 312 g/mol. The van der Waals surface area contributed by atoms with Gasteiger partial charge in [-0.2, -0.15) is 9.57 Å². The second-order valence-corrected chi connectivity index (χ2v) is 6.22. The molecule has 0 aliphatic carbocycles. The smallest absolute Gasteiger partial charge is 0.318 e. The zero-order chi connectivity index (χ0) is 16.0. The van der Waals surface area contributed by atoms with E-state index in [4.69, 9.17) is 15.1 Å². The van der Waals surface area contributed by atoms with Crippen LogP contribution in [-0.2, 0) is 19.6 Å². The summed E-state index contributed by atoms with van der Waals surface area (Å²) >= 11 is 0. The Hall–Kier alpha value is -1.95. The molecule has 0 aliphatic rings. The maximum Gasteiger partial charge on any atom is 0.318 e. The van der Waals surface area contributed by atoms with Crippen molar-refractivity contribution in [1.29, 1.82) is 5.26 Å². The van der Waals surface area contributed by atoms with Crippen LogP contribution in [0.4, 0.5) is 0 Å². The van der Waals surface area contributed by atoms with Crippen molar-refractivity contribution >= 4 is 16.0 Å². The van der Waals surface area contributed by atoms with Gasteiger partial charge in [0.2, 0.25) is 10.0 Å². The quantitative estimate of drug-likeness (QED) is 0.789. The van der Waals surface area contributed by atoms with E-state index in [0.717, 1.165) is 4.31 Å². The van der Waals surface area contributed by atoms with Crippen LogP contribution in [0.3, 0.4) is 0 Å². The summed E-state index contributed by atoms with van der Waals surface area (Å²) in [6.07, 6.45) is 0. The number of ether oxygens (including phenoxy) is 1. The van der Waals surface area contributed by atoms with Crippen molar-refractivity contribution in [2.75, 3.05) is 26.8 Å². The molecule has 7 nitrogen and oxygen atoms in total. The fourth-order valence-corrected chi connectivity index (χ4v) is 3.34. The number of sulfonamides is 1. The topological polar surface area (TPSA) is 108 Å². The Kier molecular flexibility index (Phi) is 5.84. The van der Waals surface area contributed by atoms with Crippen molar-refractivity contribution in [3.8, 4) is 6.07 Å². The number of nitrogens with zero attached hydrogens (tertiary/aromatic N) is 2. The number of carboxylic acid groups (broad SMARTS) is 1. The summed E-state index contributed by atoms with van der Waals surface area (Å²) in [6.45, 7) is 0.913. The Morgan fingerprint density at radius 2 is 2.14 bits per heavy atom. The maximum absolute atomic E-state index is 12.6. The molecule has 0 bridgehead atoms.